The van der Waals surface area contributed by atoms with Crippen LogP contribution in [0.25, 0.3) is 11.0 Å². The molecule has 2 aromatic heterocycles. The van der Waals surface area contributed by atoms with Crippen LogP contribution in [0.2, 0.25) is 0 Å². The van der Waals surface area contributed by atoms with Gasteiger partial charge in [-0.15, -0.1) is 0 Å². The maximum absolute atomic E-state index is 13.4. The lowest BCUT2D eigenvalue weighted by Gasteiger charge is -2.40. The predicted molar refractivity (Wildman–Crippen MR) is 107 cm³/mol. The molecule has 7 heteroatoms. The molecule has 3 aromatic rings. The fourth-order valence-electron chi connectivity index (χ4n) is 4.88. The van der Waals surface area contributed by atoms with Gasteiger partial charge in [0.05, 0.1) is 0 Å². The standard InChI is InChI=1S/C22H23FN4O2/c1-12-7-21(25-13(2)24-12)27-17-4-5-18(27)11-16(10-17)26-22(28)20-9-14-8-15(23)3-6-19(14)29-20/h3,6-9,16-18H,4-5,10-11H2,1-2H3,(H,26,28). The van der Waals surface area contributed by atoms with Gasteiger partial charge in [0.2, 0.25) is 0 Å². The van der Waals surface area contributed by atoms with Crippen LogP contribution in [0.4, 0.5) is 10.2 Å². The van der Waals surface area contributed by atoms with Crippen molar-refractivity contribution in [3.63, 3.8) is 0 Å². The molecule has 1 aromatic carbocycles. The average Bonchev–Trinajstić information content (AvgIpc) is 3.19. The third-order valence-electron chi connectivity index (χ3n) is 5.99. The van der Waals surface area contributed by atoms with Gasteiger partial charge in [-0.2, -0.15) is 0 Å². The summed E-state index contributed by atoms with van der Waals surface area (Å²) in [6.07, 6.45) is 3.95. The Bertz CT molecular complexity index is 1060. The van der Waals surface area contributed by atoms with E-state index >= 15 is 0 Å². The summed E-state index contributed by atoms with van der Waals surface area (Å²) < 4.78 is 19.0. The molecule has 2 aliphatic heterocycles. The Morgan fingerprint density at radius 3 is 2.62 bits per heavy atom. The van der Waals surface area contributed by atoms with Crippen molar-refractivity contribution < 1.29 is 13.6 Å². The molecule has 2 fully saturated rings. The Kier molecular flexibility index (Phi) is 4.26. The topological polar surface area (TPSA) is 71.3 Å². The van der Waals surface area contributed by atoms with Crippen LogP contribution in [0.3, 0.4) is 0 Å². The van der Waals surface area contributed by atoms with E-state index in [2.05, 4.69) is 20.2 Å². The first-order chi connectivity index (χ1) is 14.0. The number of benzene rings is 1. The number of carbonyl (C=O) groups excluding carboxylic acids is 1. The minimum Gasteiger partial charge on any atom is -0.451 e. The van der Waals surface area contributed by atoms with Crippen LogP contribution in [0.1, 0.15) is 47.8 Å². The minimum absolute atomic E-state index is 0.0882. The molecule has 29 heavy (non-hydrogen) atoms. The Morgan fingerprint density at radius 1 is 1.14 bits per heavy atom. The first-order valence-electron chi connectivity index (χ1n) is 10.1. The summed E-state index contributed by atoms with van der Waals surface area (Å²) in [5, 5.41) is 3.72. The molecule has 1 amide bonds. The molecule has 5 rings (SSSR count). The van der Waals surface area contributed by atoms with Gasteiger partial charge in [0.1, 0.15) is 23.0 Å². The number of aryl methyl sites for hydroxylation is 2. The van der Waals surface area contributed by atoms with E-state index < -0.39 is 0 Å². The number of carbonyl (C=O) groups is 1. The van der Waals surface area contributed by atoms with E-state index in [1.807, 2.05) is 19.9 Å². The molecule has 0 radical (unpaired) electrons. The van der Waals surface area contributed by atoms with E-state index in [0.717, 1.165) is 43.0 Å². The quantitative estimate of drug-likeness (QED) is 0.729. The van der Waals surface area contributed by atoms with E-state index in [0.29, 0.717) is 23.1 Å². The lowest BCUT2D eigenvalue weighted by Crippen LogP contribution is -2.50. The fourth-order valence-corrected chi connectivity index (χ4v) is 4.88. The Labute approximate surface area is 168 Å². The van der Waals surface area contributed by atoms with E-state index in [1.54, 1.807) is 12.1 Å². The number of piperidine rings is 1. The van der Waals surface area contributed by atoms with Crippen molar-refractivity contribution in [3.8, 4) is 0 Å². The summed E-state index contributed by atoms with van der Waals surface area (Å²) in [4.78, 5) is 24.1. The molecular formula is C22H23FN4O2. The first-order valence-corrected chi connectivity index (χ1v) is 10.1. The number of furan rings is 1. The fraction of sp³-hybridized carbons (Fsp3) is 0.409. The summed E-state index contributed by atoms with van der Waals surface area (Å²) in [5.74, 6) is 1.42. The molecule has 1 N–H and O–H groups in total. The molecule has 0 saturated carbocycles. The Hall–Kier alpha value is -2.96. The molecule has 2 saturated heterocycles. The summed E-state index contributed by atoms with van der Waals surface area (Å²) in [6, 6.07) is 8.71. The smallest absolute Gasteiger partial charge is 0.287 e. The van der Waals surface area contributed by atoms with Crippen LogP contribution in [0.15, 0.2) is 34.7 Å². The highest BCUT2D eigenvalue weighted by Gasteiger charge is 2.42. The van der Waals surface area contributed by atoms with E-state index in [-0.39, 0.29) is 23.5 Å². The second-order valence-electron chi connectivity index (χ2n) is 8.14. The van der Waals surface area contributed by atoms with Crippen molar-refractivity contribution >= 4 is 22.7 Å². The maximum Gasteiger partial charge on any atom is 0.287 e. The number of nitrogens with one attached hydrogen (secondary N) is 1. The zero-order valence-electron chi connectivity index (χ0n) is 16.5. The molecule has 150 valence electrons. The van der Waals surface area contributed by atoms with Gasteiger partial charge in [0.25, 0.3) is 5.91 Å². The highest BCUT2D eigenvalue weighted by atomic mass is 19.1. The number of hydrogen-bond acceptors (Lipinski definition) is 5. The van der Waals surface area contributed by atoms with Crippen LogP contribution in [0, 0.1) is 19.7 Å². The lowest BCUT2D eigenvalue weighted by molar-refractivity contribution is 0.0901. The van der Waals surface area contributed by atoms with Gasteiger partial charge in [-0.05, 0) is 63.8 Å². The van der Waals surface area contributed by atoms with Crippen LogP contribution < -0.4 is 10.2 Å². The van der Waals surface area contributed by atoms with Crippen molar-refractivity contribution in [2.24, 2.45) is 0 Å². The lowest BCUT2D eigenvalue weighted by atomic mass is 9.97. The molecule has 6 nitrogen and oxygen atoms in total. The van der Waals surface area contributed by atoms with Gasteiger partial charge < -0.3 is 14.6 Å². The molecular weight excluding hydrogens is 371 g/mol. The van der Waals surface area contributed by atoms with Crippen LogP contribution >= 0.6 is 0 Å². The minimum atomic E-state index is -0.343. The van der Waals surface area contributed by atoms with Gasteiger partial charge in [-0.3, -0.25) is 4.79 Å². The van der Waals surface area contributed by atoms with E-state index in [4.69, 9.17) is 4.42 Å². The van der Waals surface area contributed by atoms with Gasteiger partial charge in [-0.1, -0.05) is 0 Å². The molecule has 2 bridgehead atoms. The van der Waals surface area contributed by atoms with Gasteiger partial charge >= 0.3 is 0 Å². The Morgan fingerprint density at radius 2 is 1.90 bits per heavy atom. The number of hydrogen-bond donors (Lipinski definition) is 1. The normalized spacial score (nSPS) is 23.6. The highest BCUT2D eigenvalue weighted by Crippen LogP contribution is 2.39. The zero-order valence-corrected chi connectivity index (χ0v) is 16.5. The van der Waals surface area contributed by atoms with Crippen LogP contribution in [-0.2, 0) is 0 Å². The molecule has 4 heterocycles. The molecule has 0 spiro atoms. The summed E-state index contributed by atoms with van der Waals surface area (Å²) in [7, 11) is 0. The number of aromatic nitrogens is 2. The highest BCUT2D eigenvalue weighted by molar-refractivity contribution is 5.96. The number of halogens is 1. The molecule has 2 atom stereocenters. The molecule has 2 unspecified atom stereocenters. The van der Waals surface area contributed by atoms with E-state index in [1.165, 1.54) is 12.1 Å². The monoisotopic (exact) mass is 394 g/mol. The van der Waals surface area contributed by atoms with Crippen molar-refractivity contribution in [2.45, 2.75) is 57.7 Å². The second-order valence-corrected chi connectivity index (χ2v) is 8.14. The van der Waals surface area contributed by atoms with Crippen LogP contribution in [-0.4, -0.2) is 34.0 Å². The third kappa shape index (κ3) is 3.34. The zero-order chi connectivity index (χ0) is 20.1. The maximum atomic E-state index is 13.4. The largest absolute Gasteiger partial charge is 0.451 e. The van der Waals surface area contributed by atoms with Crippen molar-refractivity contribution in [1.82, 2.24) is 15.3 Å². The number of anilines is 1. The first kappa shape index (κ1) is 18.1. The van der Waals surface area contributed by atoms with E-state index in [9.17, 15) is 9.18 Å². The predicted octanol–water partition coefficient (Wildman–Crippen LogP) is 3.91. The molecule has 2 aliphatic rings. The summed E-state index contributed by atoms with van der Waals surface area (Å²) in [5.41, 5.74) is 1.49. The summed E-state index contributed by atoms with van der Waals surface area (Å²) >= 11 is 0. The summed E-state index contributed by atoms with van der Waals surface area (Å²) in [6.45, 7) is 3.91. The number of rotatable bonds is 3. The van der Waals surface area contributed by atoms with Gasteiger partial charge in [0.15, 0.2) is 5.76 Å². The number of amides is 1. The van der Waals surface area contributed by atoms with Gasteiger partial charge in [0, 0.05) is 35.3 Å². The third-order valence-corrected chi connectivity index (χ3v) is 5.99. The molecule has 0 aliphatic carbocycles. The number of nitrogens with zero attached hydrogens (tertiary/aromatic N) is 3. The number of fused-ring (bicyclic) bond motifs is 3. The van der Waals surface area contributed by atoms with Crippen molar-refractivity contribution in [3.05, 3.63) is 53.4 Å². The Balaban J connectivity index is 1.31. The SMILES string of the molecule is Cc1cc(N2C3CCC2CC(NC(=O)c2cc4cc(F)ccc4o2)C3)nc(C)n1. The van der Waals surface area contributed by atoms with Crippen molar-refractivity contribution in [1.29, 1.82) is 0 Å². The second kappa shape index (κ2) is 6.83. The average molecular weight is 394 g/mol. The van der Waals surface area contributed by atoms with Crippen LogP contribution in [0.5, 0.6) is 0 Å². The van der Waals surface area contributed by atoms with Gasteiger partial charge in [-0.25, -0.2) is 14.4 Å². The van der Waals surface area contributed by atoms with Crippen molar-refractivity contribution in [2.75, 3.05) is 4.90 Å².